The van der Waals surface area contributed by atoms with Crippen molar-refractivity contribution in [3.8, 4) is 0 Å². The van der Waals surface area contributed by atoms with E-state index in [0.29, 0.717) is 0 Å². The minimum absolute atomic E-state index is 0.0558. The quantitative estimate of drug-likeness (QED) is 0.585. The molecule has 26 heavy (non-hydrogen) atoms. The van der Waals surface area contributed by atoms with Crippen molar-refractivity contribution < 1.29 is 4.92 Å². The van der Waals surface area contributed by atoms with Crippen LogP contribution in [0, 0.1) is 17.0 Å². The van der Waals surface area contributed by atoms with Crippen molar-refractivity contribution in [2.75, 3.05) is 23.0 Å². The van der Waals surface area contributed by atoms with Gasteiger partial charge in [-0.2, -0.15) is 0 Å². The zero-order valence-corrected chi connectivity index (χ0v) is 15.7. The van der Waals surface area contributed by atoms with Gasteiger partial charge in [0.1, 0.15) is 16.1 Å². The molecule has 0 N–H and O–H groups in total. The lowest BCUT2D eigenvalue weighted by molar-refractivity contribution is -0.384. The topological polar surface area (TPSA) is 80.3 Å². The van der Waals surface area contributed by atoms with Gasteiger partial charge in [0, 0.05) is 24.6 Å². The number of anilines is 1. The maximum atomic E-state index is 11.7. The fourth-order valence-corrected chi connectivity index (χ4v) is 5.92. The number of rotatable bonds is 3. The number of hydrogen-bond acceptors (Lipinski definition) is 8. The number of nitrogens with zero attached hydrogens (tertiary/aromatic N) is 6. The van der Waals surface area contributed by atoms with Gasteiger partial charge in [0.05, 0.1) is 4.92 Å². The molecule has 1 aromatic carbocycles. The number of thioether (sulfide) groups is 2. The molecule has 0 amide bonds. The molecule has 0 saturated carbocycles. The molecule has 3 aliphatic rings. The van der Waals surface area contributed by atoms with Crippen LogP contribution in [0.2, 0.25) is 0 Å². The van der Waals surface area contributed by atoms with Crippen LogP contribution >= 0.6 is 23.5 Å². The molecule has 1 saturated heterocycles. The molecule has 3 aliphatic heterocycles. The molecule has 134 valence electrons. The third-order valence-corrected chi connectivity index (χ3v) is 7.04. The van der Waals surface area contributed by atoms with Crippen molar-refractivity contribution in [2.45, 2.75) is 30.3 Å². The van der Waals surface area contributed by atoms with E-state index in [1.807, 2.05) is 23.7 Å². The van der Waals surface area contributed by atoms with Crippen LogP contribution in [0.25, 0.3) is 0 Å². The highest BCUT2D eigenvalue weighted by Crippen LogP contribution is 2.51. The summed E-state index contributed by atoms with van der Waals surface area (Å²) in [5, 5.41) is 26.1. The Hall–Kier alpha value is -2.20. The normalized spacial score (nSPS) is 21.1. The SMILES string of the molecule is Cc1nnc2n1N1C(=CS[C@H]1c1ccc(N3CCCC3)c([N+](=O)[O-])c1)S2. The first-order chi connectivity index (χ1) is 12.6. The summed E-state index contributed by atoms with van der Waals surface area (Å²) < 4.78 is 1.99. The predicted molar refractivity (Wildman–Crippen MR) is 102 cm³/mol. The second-order valence-corrected chi connectivity index (χ2v) is 8.37. The van der Waals surface area contributed by atoms with Crippen LogP contribution in [0.1, 0.15) is 29.6 Å². The predicted octanol–water partition coefficient (Wildman–Crippen LogP) is 3.38. The minimum atomic E-state index is -0.265. The van der Waals surface area contributed by atoms with Crippen LogP contribution in [0.4, 0.5) is 11.4 Å². The fourth-order valence-electron chi connectivity index (χ4n) is 3.65. The summed E-state index contributed by atoms with van der Waals surface area (Å²) in [5.41, 5.74) is 1.83. The Labute approximate surface area is 158 Å². The standard InChI is InChI=1S/C16H16N6O2S2/c1-10-17-18-16-20(10)21-14(26-16)9-25-15(21)11-4-5-12(13(8-11)22(23)24)19-6-2-3-7-19/h4-5,8-9,15H,2-3,6-7H2,1H3/t15-/m0/s1. The molecular formula is C16H16N6O2S2. The number of benzene rings is 1. The summed E-state index contributed by atoms with van der Waals surface area (Å²) in [6, 6.07) is 5.64. The number of aromatic nitrogens is 3. The van der Waals surface area contributed by atoms with Crippen molar-refractivity contribution >= 4 is 34.9 Å². The first-order valence-corrected chi connectivity index (χ1v) is 10.2. The van der Waals surface area contributed by atoms with Gasteiger partial charge in [-0.15, -0.1) is 10.2 Å². The highest BCUT2D eigenvalue weighted by molar-refractivity contribution is 8.07. The van der Waals surface area contributed by atoms with E-state index in [1.165, 1.54) is 0 Å². The van der Waals surface area contributed by atoms with Gasteiger partial charge in [-0.3, -0.25) is 15.1 Å². The second-order valence-electron chi connectivity index (χ2n) is 6.43. The molecule has 0 radical (unpaired) electrons. The Bertz CT molecular complexity index is 937. The zero-order valence-electron chi connectivity index (χ0n) is 14.0. The van der Waals surface area contributed by atoms with Crippen LogP contribution < -0.4 is 9.91 Å². The summed E-state index contributed by atoms with van der Waals surface area (Å²) in [5.74, 6) is 0.812. The van der Waals surface area contributed by atoms with Gasteiger partial charge < -0.3 is 4.90 Å². The molecule has 1 atom stereocenters. The summed E-state index contributed by atoms with van der Waals surface area (Å²) >= 11 is 3.23. The van der Waals surface area contributed by atoms with E-state index in [9.17, 15) is 10.1 Å². The Morgan fingerprint density at radius 2 is 2.08 bits per heavy atom. The summed E-state index contributed by atoms with van der Waals surface area (Å²) in [7, 11) is 0. The number of fused-ring (bicyclic) bond motifs is 3. The Balaban J connectivity index is 1.54. The molecule has 0 aliphatic carbocycles. The van der Waals surface area contributed by atoms with Gasteiger partial charge >= 0.3 is 0 Å². The van der Waals surface area contributed by atoms with E-state index in [-0.39, 0.29) is 16.0 Å². The van der Waals surface area contributed by atoms with Crippen LogP contribution in [-0.2, 0) is 0 Å². The number of nitro groups is 1. The first-order valence-electron chi connectivity index (χ1n) is 8.42. The van der Waals surface area contributed by atoms with E-state index in [4.69, 9.17) is 0 Å². The monoisotopic (exact) mass is 388 g/mol. The lowest BCUT2D eigenvalue weighted by atomic mass is 10.1. The van der Waals surface area contributed by atoms with E-state index < -0.39 is 0 Å². The Morgan fingerprint density at radius 3 is 2.85 bits per heavy atom. The van der Waals surface area contributed by atoms with E-state index >= 15 is 0 Å². The molecule has 1 fully saturated rings. The lowest BCUT2D eigenvalue weighted by Crippen LogP contribution is -2.30. The van der Waals surface area contributed by atoms with Crippen LogP contribution in [0.3, 0.4) is 0 Å². The highest BCUT2D eigenvalue weighted by Gasteiger charge is 2.39. The largest absolute Gasteiger partial charge is 0.366 e. The van der Waals surface area contributed by atoms with Crippen molar-refractivity contribution in [2.24, 2.45) is 0 Å². The molecule has 2 aromatic rings. The molecule has 5 rings (SSSR count). The summed E-state index contributed by atoms with van der Waals surface area (Å²) in [6.07, 6.45) is 2.18. The minimum Gasteiger partial charge on any atom is -0.366 e. The second kappa shape index (κ2) is 5.92. The maximum absolute atomic E-state index is 11.7. The lowest BCUT2D eigenvalue weighted by Gasteiger charge is -2.26. The fraction of sp³-hybridized carbons (Fsp3) is 0.375. The van der Waals surface area contributed by atoms with E-state index in [2.05, 4.69) is 25.5 Å². The van der Waals surface area contributed by atoms with Gasteiger partial charge in [-0.25, -0.2) is 4.68 Å². The molecule has 1 aromatic heterocycles. The highest BCUT2D eigenvalue weighted by atomic mass is 32.2. The third-order valence-electron chi connectivity index (χ3n) is 4.85. The van der Waals surface area contributed by atoms with Crippen LogP contribution in [0.5, 0.6) is 0 Å². The average Bonchev–Trinajstić information content (AvgIpc) is 3.37. The van der Waals surface area contributed by atoms with Gasteiger partial charge in [0.15, 0.2) is 5.82 Å². The summed E-state index contributed by atoms with van der Waals surface area (Å²) in [6.45, 7) is 3.69. The first kappa shape index (κ1) is 16.0. The molecule has 10 heteroatoms. The van der Waals surface area contributed by atoms with Crippen molar-refractivity contribution in [3.63, 3.8) is 0 Å². The molecule has 0 spiro atoms. The molecule has 0 bridgehead atoms. The van der Waals surface area contributed by atoms with Crippen LogP contribution in [-0.4, -0.2) is 32.9 Å². The van der Waals surface area contributed by atoms with Gasteiger partial charge in [0.2, 0.25) is 5.16 Å². The third kappa shape index (κ3) is 2.32. The van der Waals surface area contributed by atoms with E-state index in [1.54, 1.807) is 29.6 Å². The Morgan fingerprint density at radius 1 is 1.27 bits per heavy atom. The van der Waals surface area contributed by atoms with Crippen molar-refractivity contribution in [1.29, 1.82) is 0 Å². The molecular weight excluding hydrogens is 372 g/mol. The smallest absolute Gasteiger partial charge is 0.292 e. The maximum Gasteiger partial charge on any atom is 0.292 e. The van der Waals surface area contributed by atoms with E-state index in [0.717, 1.165) is 53.2 Å². The molecule has 0 unspecified atom stereocenters. The van der Waals surface area contributed by atoms with Crippen LogP contribution in [0.15, 0.2) is 33.8 Å². The zero-order chi connectivity index (χ0) is 17.8. The molecule has 8 nitrogen and oxygen atoms in total. The average molecular weight is 388 g/mol. The number of aryl methyl sites for hydroxylation is 1. The van der Waals surface area contributed by atoms with Gasteiger partial charge in [-0.05, 0) is 43.2 Å². The van der Waals surface area contributed by atoms with Crippen molar-refractivity contribution in [1.82, 2.24) is 14.9 Å². The van der Waals surface area contributed by atoms with Gasteiger partial charge in [-0.1, -0.05) is 17.8 Å². The number of nitro benzene ring substituents is 1. The Kier molecular flexibility index (Phi) is 3.64. The van der Waals surface area contributed by atoms with Gasteiger partial charge in [0.25, 0.3) is 5.69 Å². The van der Waals surface area contributed by atoms with Crippen molar-refractivity contribution in [3.05, 3.63) is 50.1 Å². The molecule has 4 heterocycles. The number of hydrogen-bond donors (Lipinski definition) is 0. The summed E-state index contributed by atoms with van der Waals surface area (Å²) in [4.78, 5) is 13.5.